The molecule has 0 aliphatic rings. The van der Waals surface area contributed by atoms with Crippen molar-refractivity contribution in [1.29, 1.82) is 5.26 Å². The topological polar surface area (TPSA) is 70.0 Å². The molecule has 0 radical (unpaired) electrons. The minimum atomic E-state index is -4.41. The highest BCUT2D eigenvalue weighted by atomic mass is 19.4. The SMILES string of the molecule is CC(=O)C(C#N)C(=O)NCc1ccc(C(F)(F)F)cc1. The van der Waals surface area contributed by atoms with E-state index in [1.165, 1.54) is 12.1 Å². The van der Waals surface area contributed by atoms with E-state index in [0.717, 1.165) is 19.1 Å². The lowest BCUT2D eigenvalue weighted by atomic mass is 10.1. The molecule has 0 aliphatic carbocycles. The van der Waals surface area contributed by atoms with Crippen molar-refractivity contribution < 1.29 is 22.8 Å². The van der Waals surface area contributed by atoms with Crippen molar-refractivity contribution >= 4 is 11.7 Å². The molecule has 0 saturated carbocycles. The van der Waals surface area contributed by atoms with Crippen LogP contribution in [-0.4, -0.2) is 11.7 Å². The van der Waals surface area contributed by atoms with E-state index in [4.69, 9.17) is 5.26 Å². The van der Waals surface area contributed by atoms with Gasteiger partial charge >= 0.3 is 6.18 Å². The van der Waals surface area contributed by atoms with Crippen molar-refractivity contribution in [2.75, 3.05) is 0 Å². The molecule has 0 bridgehead atoms. The molecule has 1 rings (SSSR count). The molecular weight excluding hydrogens is 273 g/mol. The number of hydrogen-bond acceptors (Lipinski definition) is 3. The van der Waals surface area contributed by atoms with Gasteiger partial charge in [0.05, 0.1) is 11.6 Å². The summed E-state index contributed by atoms with van der Waals surface area (Å²) in [5.41, 5.74) is -0.349. The Morgan fingerprint density at radius 2 is 1.85 bits per heavy atom. The van der Waals surface area contributed by atoms with Gasteiger partial charge in [0.1, 0.15) is 0 Å². The highest BCUT2D eigenvalue weighted by Gasteiger charge is 2.30. The quantitative estimate of drug-likeness (QED) is 0.860. The summed E-state index contributed by atoms with van der Waals surface area (Å²) in [4.78, 5) is 22.5. The first-order valence-electron chi connectivity index (χ1n) is 5.59. The number of amides is 1. The molecule has 0 heterocycles. The monoisotopic (exact) mass is 284 g/mol. The average Bonchev–Trinajstić information content (AvgIpc) is 2.36. The molecule has 1 aromatic rings. The van der Waals surface area contributed by atoms with Gasteiger partial charge in [-0.2, -0.15) is 18.4 Å². The number of alkyl halides is 3. The summed E-state index contributed by atoms with van der Waals surface area (Å²) in [6, 6.07) is 5.79. The molecule has 1 amide bonds. The van der Waals surface area contributed by atoms with Gasteiger partial charge in [0.15, 0.2) is 11.7 Å². The van der Waals surface area contributed by atoms with E-state index in [0.29, 0.717) is 5.56 Å². The normalized spacial score (nSPS) is 12.3. The summed E-state index contributed by atoms with van der Waals surface area (Å²) in [6.07, 6.45) is -4.41. The maximum absolute atomic E-state index is 12.3. The summed E-state index contributed by atoms with van der Waals surface area (Å²) in [6.45, 7) is 1.06. The first-order chi connectivity index (χ1) is 9.25. The first kappa shape index (κ1) is 15.7. The molecule has 4 nitrogen and oxygen atoms in total. The van der Waals surface area contributed by atoms with Gasteiger partial charge < -0.3 is 5.32 Å². The molecule has 1 atom stereocenters. The van der Waals surface area contributed by atoms with E-state index in [1.807, 2.05) is 0 Å². The second-order valence-electron chi connectivity index (χ2n) is 4.09. The lowest BCUT2D eigenvalue weighted by Gasteiger charge is -2.09. The van der Waals surface area contributed by atoms with Crippen LogP contribution in [0.15, 0.2) is 24.3 Å². The number of hydrogen-bond donors (Lipinski definition) is 1. The Kier molecular flexibility index (Phi) is 4.86. The lowest BCUT2D eigenvalue weighted by Crippen LogP contribution is -2.33. The van der Waals surface area contributed by atoms with Crippen molar-refractivity contribution in [2.45, 2.75) is 19.6 Å². The molecular formula is C13H11F3N2O2. The molecule has 7 heteroatoms. The summed E-state index contributed by atoms with van der Waals surface area (Å²) in [5.74, 6) is -2.75. The second kappa shape index (κ2) is 6.19. The van der Waals surface area contributed by atoms with Crippen LogP contribution >= 0.6 is 0 Å². The van der Waals surface area contributed by atoms with Gasteiger partial charge in [-0.3, -0.25) is 9.59 Å². The van der Waals surface area contributed by atoms with E-state index < -0.39 is 29.3 Å². The van der Waals surface area contributed by atoms with Gasteiger partial charge in [0.2, 0.25) is 5.91 Å². The van der Waals surface area contributed by atoms with Gasteiger partial charge in [-0.25, -0.2) is 0 Å². The summed E-state index contributed by atoms with van der Waals surface area (Å²) >= 11 is 0. The smallest absolute Gasteiger partial charge is 0.350 e. The predicted molar refractivity (Wildman–Crippen MR) is 63.1 cm³/mol. The zero-order valence-corrected chi connectivity index (χ0v) is 10.5. The highest BCUT2D eigenvalue weighted by Crippen LogP contribution is 2.29. The van der Waals surface area contributed by atoms with Gasteiger partial charge in [0, 0.05) is 6.54 Å². The second-order valence-corrected chi connectivity index (χ2v) is 4.09. The van der Waals surface area contributed by atoms with E-state index in [-0.39, 0.29) is 6.54 Å². The van der Waals surface area contributed by atoms with Crippen LogP contribution in [0.25, 0.3) is 0 Å². The van der Waals surface area contributed by atoms with Crippen molar-refractivity contribution in [2.24, 2.45) is 5.92 Å². The van der Waals surface area contributed by atoms with E-state index in [9.17, 15) is 22.8 Å². The fourth-order valence-corrected chi connectivity index (χ4v) is 1.44. The van der Waals surface area contributed by atoms with Gasteiger partial charge in [0.25, 0.3) is 0 Å². The van der Waals surface area contributed by atoms with Crippen molar-refractivity contribution in [3.05, 3.63) is 35.4 Å². The molecule has 0 aromatic heterocycles. The highest BCUT2D eigenvalue weighted by molar-refractivity contribution is 6.02. The van der Waals surface area contributed by atoms with Crippen molar-refractivity contribution in [1.82, 2.24) is 5.32 Å². The third kappa shape index (κ3) is 4.09. The van der Waals surface area contributed by atoms with Crippen LogP contribution in [0.4, 0.5) is 13.2 Å². The molecule has 20 heavy (non-hydrogen) atoms. The van der Waals surface area contributed by atoms with Gasteiger partial charge in [-0.05, 0) is 24.6 Å². The van der Waals surface area contributed by atoms with E-state index in [1.54, 1.807) is 6.07 Å². The predicted octanol–water partition coefficient (Wildman–Crippen LogP) is 2.05. The third-order valence-electron chi connectivity index (χ3n) is 2.55. The molecule has 1 N–H and O–H groups in total. The lowest BCUT2D eigenvalue weighted by molar-refractivity contribution is -0.137. The minimum Gasteiger partial charge on any atom is -0.350 e. The average molecular weight is 284 g/mol. The van der Waals surface area contributed by atoms with Crippen molar-refractivity contribution in [3.8, 4) is 6.07 Å². The first-order valence-corrected chi connectivity index (χ1v) is 5.59. The fourth-order valence-electron chi connectivity index (χ4n) is 1.44. The van der Waals surface area contributed by atoms with Crippen LogP contribution in [0.2, 0.25) is 0 Å². The van der Waals surface area contributed by atoms with Crippen LogP contribution in [0.5, 0.6) is 0 Å². The summed E-state index contributed by atoms with van der Waals surface area (Å²) < 4.78 is 37.0. The standard InChI is InChI=1S/C13H11F3N2O2/c1-8(19)11(6-17)12(20)18-7-9-2-4-10(5-3-9)13(14,15)16/h2-5,11H,7H2,1H3,(H,18,20). The Morgan fingerprint density at radius 3 is 2.25 bits per heavy atom. The van der Waals surface area contributed by atoms with Gasteiger partial charge in [-0.1, -0.05) is 12.1 Å². The van der Waals surface area contributed by atoms with E-state index >= 15 is 0 Å². The summed E-state index contributed by atoms with van der Waals surface area (Å²) in [7, 11) is 0. The molecule has 1 unspecified atom stereocenters. The minimum absolute atomic E-state index is 0.0531. The number of carbonyl (C=O) groups is 2. The summed E-state index contributed by atoms with van der Waals surface area (Å²) in [5, 5.41) is 11.0. The molecule has 0 fully saturated rings. The van der Waals surface area contributed by atoms with Crippen LogP contribution in [0, 0.1) is 17.2 Å². The molecule has 0 saturated heterocycles. The molecule has 0 spiro atoms. The number of nitrogens with zero attached hydrogens (tertiary/aromatic N) is 1. The maximum Gasteiger partial charge on any atom is 0.416 e. The van der Waals surface area contributed by atoms with Gasteiger partial charge in [-0.15, -0.1) is 0 Å². The number of benzene rings is 1. The third-order valence-corrected chi connectivity index (χ3v) is 2.55. The number of carbonyl (C=O) groups excluding carboxylic acids is 2. The van der Waals surface area contributed by atoms with Crippen LogP contribution in [0.3, 0.4) is 0 Å². The van der Waals surface area contributed by atoms with Crippen LogP contribution in [-0.2, 0) is 22.3 Å². The Balaban J connectivity index is 2.65. The zero-order valence-electron chi connectivity index (χ0n) is 10.5. The number of nitriles is 1. The number of Topliss-reactive ketones (excluding diaryl/α,β-unsaturated/α-hetero) is 1. The van der Waals surface area contributed by atoms with Crippen molar-refractivity contribution in [3.63, 3.8) is 0 Å². The molecule has 0 aliphatic heterocycles. The largest absolute Gasteiger partial charge is 0.416 e. The zero-order chi connectivity index (χ0) is 15.3. The number of halogens is 3. The Bertz CT molecular complexity index is 544. The molecule has 1 aromatic carbocycles. The number of rotatable bonds is 4. The Hall–Kier alpha value is -2.36. The molecule has 106 valence electrons. The fraction of sp³-hybridized carbons (Fsp3) is 0.308. The number of nitrogens with one attached hydrogen (secondary N) is 1. The number of ketones is 1. The van der Waals surface area contributed by atoms with E-state index in [2.05, 4.69) is 5.32 Å². The Morgan fingerprint density at radius 1 is 1.30 bits per heavy atom. The maximum atomic E-state index is 12.3. The Labute approximate surface area is 113 Å². The van der Waals surface area contributed by atoms with Crippen LogP contribution < -0.4 is 5.32 Å². The van der Waals surface area contributed by atoms with Crippen LogP contribution in [0.1, 0.15) is 18.1 Å².